The first kappa shape index (κ1) is 24.1. The van der Waals surface area contributed by atoms with Gasteiger partial charge in [0.2, 0.25) is 0 Å². The van der Waals surface area contributed by atoms with Gasteiger partial charge in [0.05, 0.1) is 12.8 Å². The number of carbonyl (C=O) groups excluding carboxylic acids is 1. The first-order valence-corrected chi connectivity index (χ1v) is 9.81. The number of nitrogens with one attached hydrogen (secondary N) is 1. The molecule has 0 aliphatic carbocycles. The van der Waals surface area contributed by atoms with Crippen LogP contribution in [0.1, 0.15) is 26.7 Å². The Labute approximate surface area is 179 Å². The van der Waals surface area contributed by atoms with Gasteiger partial charge >= 0.3 is 17.9 Å². The molecule has 31 heavy (non-hydrogen) atoms. The van der Waals surface area contributed by atoms with Gasteiger partial charge in [0, 0.05) is 12.6 Å². The lowest BCUT2D eigenvalue weighted by Crippen LogP contribution is -2.45. The van der Waals surface area contributed by atoms with Crippen molar-refractivity contribution >= 4 is 28.7 Å². The van der Waals surface area contributed by atoms with Gasteiger partial charge in [-0.2, -0.15) is 0 Å². The van der Waals surface area contributed by atoms with Crippen molar-refractivity contribution < 1.29 is 39.2 Å². The Kier molecular flexibility index (Phi) is 8.35. The van der Waals surface area contributed by atoms with Gasteiger partial charge in [0.25, 0.3) is 0 Å². The Morgan fingerprint density at radius 1 is 1.03 bits per heavy atom. The summed E-state index contributed by atoms with van der Waals surface area (Å²) in [5, 5.41) is 33.1. The van der Waals surface area contributed by atoms with Gasteiger partial charge in [-0.25, -0.2) is 4.79 Å². The molecule has 0 aliphatic rings. The van der Waals surface area contributed by atoms with Crippen LogP contribution in [0.3, 0.4) is 0 Å². The number of hydrogen-bond donors (Lipinski definition) is 4. The Morgan fingerprint density at radius 2 is 1.71 bits per heavy atom. The summed E-state index contributed by atoms with van der Waals surface area (Å²) in [6.45, 7) is 4.01. The minimum atomic E-state index is -2.75. The second-order valence-corrected chi connectivity index (χ2v) is 7.58. The highest BCUT2D eigenvalue weighted by molar-refractivity contribution is 5.88. The monoisotopic (exact) mass is 433 g/mol. The molecule has 0 fully saturated rings. The van der Waals surface area contributed by atoms with Crippen molar-refractivity contribution in [2.24, 2.45) is 0 Å². The number of ether oxygens (including phenoxy) is 2. The smallest absolute Gasteiger partial charge is 0.336 e. The molecule has 0 bridgehead atoms. The van der Waals surface area contributed by atoms with Crippen molar-refractivity contribution in [1.82, 2.24) is 5.32 Å². The fourth-order valence-electron chi connectivity index (χ4n) is 2.88. The number of benzene rings is 2. The summed E-state index contributed by atoms with van der Waals surface area (Å²) >= 11 is 0. The maximum absolute atomic E-state index is 12.3. The molecule has 0 spiro atoms. The molecule has 4 N–H and O–H groups in total. The van der Waals surface area contributed by atoms with Crippen LogP contribution >= 0.6 is 0 Å². The predicted molar refractivity (Wildman–Crippen MR) is 112 cm³/mol. The molecule has 0 radical (unpaired) electrons. The third-order valence-corrected chi connectivity index (χ3v) is 4.49. The molecule has 0 heterocycles. The van der Waals surface area contributed by atoms with Gasteiger partial charge in [-0.05, 0) is 22.9 Å². The Morgan fingerprint density at radius 3 is 2.32 bits per heavy atom. The lowest BCUT2D eigenvalue weighted by atomic mass is 9.96. The molecule has 0 aliphatic heterocycles. The highest BCUT2D eigenvalue weighted by atomic mass is 16.6. The Bertz CT molecular complexity index is 929. The highest BCUT2D eigenvalue weighted by Crippen LogP contribution is 2.21. The van der Waals surface area contributed by atoms with Crippen molar-refractivity contribution in [3.8, 4) is 5.75 Å². The van der Waals surface area contributed by atoms with Crippen LogP contribution in [0.25, 0.3) is 10.8 Å². The summed E-state index contributed by atoms with van der Waals surface area (Å²) in [6, 6.07) is 13.4. The summed E-state index contributed by atoms with van der Waals surface area (Å²) < 4.78 is 11.1. The van der Waals surface area contributed by atoms with E-state index in [-0.39, 0.29) is 19.2 Å². The normalized spacial score (nSPS) is 14.1. The second kappa shape index (κ2) is 10.7. The third kappa shape index (κ3) is 7.54. The van der Waals surface area contributed by atoms with Crippen LogP contribution in [-0.4, -0.2) is 64.1 Å². The van der Waals surface area contributed by atoms with Gasteiger partial charge in [-0.15, -0.1) is 0 Å². The van der Waals surface area contributed by atoms with Crippen LogP contribution in [0.15, 0.2) is 42.5 Å². The first-order valence-electron chi connectivity index (χ1n) is 9.81. The van der Waals surface area contributed by atoms with Crippen LogP contribution in [0.4, 0.5) is 0 Å². The second-order valence-electron chi connectivity index (χ2n) is 7.58. The molecule has 9 nitrogen and oxygen atoms in total. The van der Waals surface area contributed by atoms with Crippen LogP contribution in [-0.2, 0) is 19.1 Å². The number of carboxylic acid groups (broad SMARTS) is 2. The summed E-state index contributed by atoms with van der Waals surface area (Å²) in [4.78, 5) is 34.4. The zero-order valence-corrected chi connectivity index (χ0v) is 17.4. The predicted octanol–water partition coefficient (Wildman–Crippen LogP) is 1.81. The Hall–Kier alpha value is -3.17. The number of rotatable bonds is 12. The van der Waals surface area contributed by atoms with Gasteiger partial charge in [-0.1, -0.05) is 44.2 Å². The van der Waals surface area contributed by atoms with E-state index in [2.05, 4.69) is 5.32 Å². The number of aliphatic carboxylic acids is 2. The van der Waals surface area contributed by atoms with Crippen molar-refractivity contribution in [2.45, 2.75) is 44.4 Å². The number of esters is 1. The summed E-state index contributed by atoms with van der Waals surface area (Å²) in [5.74, 6) is -3.83. The molecule has 0 saturated carbocycles. The minimum absolute atomic E-state index is 0.0196. The average molecular weight is 433 g/mol. The number of carboxylic acids is 2. The average Bonchev–Trinajstić information content (AvgIpc) is 2.68. The molecule has 2 aromatic rings. The van der Waals surface area contributed by atoms with Gasteiger partial charge < -0.3 is 30.1 Å². The quantitative estimate of drug-likeness (QED) is 0.369. The fraction of sp³-hybridized carbons (Fsp3) is 0.409. The summed E-state index contributed by atoms with van der Waals surface area (Å²) in [5.41, 5.74) is -2.75. The van der Waals surface area contributed by atoms with Crippen molar-refractivity contribution in [2.75, 3.05) is 13.2 Å². The molecular weight excluding hydrogens is 406 g/mol. The molecule has 168 valence electrons. The largest absolute Gasteiger partial charge is 0.490 e. The van der Waals surface area contributed by atoms with E-state index in [1.165, 1.54) is 0 Å². The van der Waals surface area contributed by atoms with Crippen LogP contribution < -0.4 is 10.1 Å². The van der Waals surface area contributed by atoms with E-state index in [1.807, 2.05) is 50.2 Å². The lowest BCUT2D eigenvalue weighted by molar-refractivity contribution is -0.174. The third-order valence-electron chi connectivity index (χ3n) is 4.49. The molecule has 0 amide bonds. The van der Waals surface area contributed by atoms with E-state index in [0.29, 0.717) is 5.75 Å². The van der Waals surface area contributed by atoms with E-state index >= 15 is 0 Å². The highest BCUT2D eigenvalue weighted by Gasteiger charge is 2.41. The number of aliphatic hydroxyl groups is 1. The molecular formula is C22H27NO8. The van der Waals surface area contributed by atoms with Crippen LogP contribution in [0.2, 0.25) is 0 Å². The van der Waals surface area contributed by atoms with Crippen molar-refractivity contribution in [3.05, 3.63) is 42.5 Å². The van der Waals surface area contributed by atoms with Gasteiger partial charge in [0.15, 0.2) is 5.60 Å². The van der Waals surface area contributed by atoms with E-state index in [1.54, 1.807) is 6.07 Å². The molecule has 2 unspecified atom stereocenters. The first-order chi connectivity index (χ1) is 14.6. The minimum Gasteiger partial charge on any atom is -0.490 e. The van der Waals surface area contributed by atoms with E-state index < -0.39 is 42.5 Å². The molecule has 2 atom stereocenters. The van der Waals surface area contributed by atoms with Crippen LogP contribution in [0, 0.1) is 0 Å². The Balaban J connectivity index is 2.05. The molecule has 0 saturated heterocycles. The van der Waals surface area contributed by atoms with E-state index in [0.717, 1.165) is 10.8 Å². The number of fused-ring (bicyclic) bond motifs is 1. The molecule has 9 heteroatoms. The van der Waals surface area contributed by atoms with Crippen LogP contribution in [0.5, 0.6) is 5.75 Å². The maximum Gasteiger partial charge on any atom is 0.336 e. The van der Waals surface area contributed by atoms with E-state index in [4.69, 9.17) is 19.7 Å². The summed E-state index contributed by atoms with van der Waals surface area (Å²) in [6.07, 6.45) is -2.91. The zero-order chi connectivity index (χ0) is 23.0. The summed E-state index contributed by atoms with van der Waals surface area (Å²) in [7, 11) is 0. The van der Waals surface area contributed by atoms with E-state index in [9.17, 15) is 19.5 Å². The van der Waals surface area contributed by atoms with Crippen molar-refractivity contribution in [3.63, 3.8) is 0 Å². The molecule has 0 aromatic heterocycles. The SMILES string of the molecule is CC(C)NCC(COc1ccc2ccccc2c1)OC(=O)CC(O)(CC(=O)O)C(=O)O. The van der Waals surface area contributed by atoms with Crippen molar-refractivity contribution in [1.29, 1.82) is 0 Å². The maximum atomic E-state index is 12.3. The molecule has 2 aromatic carbocycles. The zero-order valence-electron chi connectivity index (χ0n) is 17.4. The number of hydrogen-bond acceptors (Lipinski definition) is 7. The fourth-order valence-corrected chi connectivity index (χ4v) is 2.88. The van der Waals surface area contributed by atoms with Gasteiger partial charge in [-0.3, -0.25) is 9.59 Å². The van der Waals surface area contributed by atoms with Gasteiger partial charge in [0.1, 0.15) is 18.5 Å². The standard InChI is InChI=1S/C22H27NO8/c1-14(2)23-12-18(31-20(26)11-22(29,21(27)28)10-19(24)25)13-30-17-8-7-15-5-3-4-6-16(15)9-17/h3-9,14,18,23,29H,10-13H2,1-2H3,(H,24,25)(H,27,28). The number of carbonyl (C=O) groups is 3. The lowest BCUT2D eigenvalue weighted by Gasteiger charge is -2.24. The molecule has 2 rings (SSSR count). The topological polar surface area (TPSA) is 142 Å².